The van der Waals surface area contributed by atoms with Crippen molar-refractivity contribution in [2.75, 3.05) is 5.32 Å². The molecule has 4 nitrogen and oxygen atoms in total. The van der Waals surface area contributed by atoms with Crippen LogP contribution in [0.25, 0.3) is 10.9 Å². The molecule has 5 heteroatoms. The minimum atomic E-state index is 0.0748. The lowest BCUT2D eigenvalue weighted by Crippen LogP contribution is -2.11. The summed E-state index contributed by atoms with van der Waals surface area (Å²) in [6.45, 7) is 2.09. The van der Waals surface area contributed by atoms with Crippen LogP contribution in [0.15, 0.2) is 41.9 Å². The number of thiazole rings is 1. The van der Waals surface area contributed by atoms with Gasteiger partial charge in [0.1, 0.15) is 16.9 Å². The fraction of sp³-hybridized carbons (Fsp3) is 0.188. The molecule has 0 saturated heterocycles. The predicted octanol–water partition coefficient (Wildman–Crippen LogP) is 4.13. The topological polar surface area (TPSA) is 61.6 Å². The Morgan fingerprint density at radius 2 is 2.24 bits per heavy atom. The van der Waals surface area contributed by atoms with Crippen molar-refractivity contribution >= 4 is 28.1 Å². The normalized spacial score (nSPS) is 12.0. The van der Waals surface area contributed by atoms with E-state index in [9.17, 15) is 5.26 Å². The molecular formula is C16H14N4S. The molecule has 0 fully saturated rings. The number of anilines is 1. The molecule has 0 aliphatic heterocycles. The maximum atomic E-state index is 9.35. The van der Waals surface area contributed by atoms with Gasteiger partial charge in [-0.1, -0.05) is 25.1 Å². The summed E-state index contributed by atoms with van der Waals surface area (Å²) in [5.74, 6) is 0.623. The van der Waals surface area contributed by atoms with E-state index in [-0.39, 0.29) is 6.04 Å². The quantitative estimate of drug-likeness (QED) is 0.786. The average molecular weight is 294 g/mol. The summed E-state index contributed by atoms with van der Waals surface area (Å²) in [5, 5.41) is 16.6. The van der Waals surface area contributed by atoms with Crippen molar-refractivity contribution in [2.45, 2.75) is 19.4 Å². The number of hydrogen-bond donors (Lipinski definition) is 1. The van der Waals surface area contributed by atoms with Crippen LogP contribution in [0.4, 0.5) is 5.82 Å². The lowest BCUT2D eigenvalue weighted by Gasteiger charge is -2.16. The molecule has 0 amide bonds. The number of benzene rings is 1. The Morgan fingerprint density at radius 1 is 1.38 bits per heavy atom. The SMILES string of the molecule is CCC(Nc1nc2ccccc2cc1C#N)c1nccs1. The highest BCUT2D eigenvalue weighted by atomic mass is 32.1. The summed E-state index contributed by atoms with van der Waals surface area (Å²) < 4.78 is 0. The molecule has 0 aliphatic carbocycles. The van der Waals surface area contributed by atoms with Crippen molar-refractivity contribution in [1.29, 1.82) is 5.26 Å². The summed E-state index contributed by atoms with van der Waals surface area (Å²) in [6, 6.07) is 12.0. The van der Waals surface area contributed by atoms with Crippen molar-refractivity contribution in [2.24, 2.45) is 0 Å². The second-order valence-corrected chi connectivity index (χ2v) is 5.59. The van der Waals surface area contributed by atoms with E-state index in [4.69, 9.17) is 0 Å². The number of nitrogens with one attached hydrogen (secondary N) is 1. The maximum absolute atomic E-state index is 9.35. The number of nitrogens with zero attached hydrogens (tertiary/aromatic N) is 3. The van der Waals surface area contributed by atoms with Gasteiger partial charge in [-0.05, 0) is 18.6 Å². The zero-order chi connectivity index (χ0) is 14.7. The minimum Gasteiger partial charge on any atom is -0.360 e. The van der Waals surface area contributed by atoms with E-state index >= 15 is 0 Å². The number of pyridine rings is 1. The molecule has 1 N–H and O–H groups in total. The molecule has 1 atom stereocenters. The summed E-state index contributed by atoms with van der Waals surface area (Å²) in [7, 11) is 0. The van der Waals surface area contributed by atoms with Crippen LogP contribution >= 0.6 is 11.3 Å². The zero-order valence-electron chi connectivity index (χ0n) is 11.6. The molecule has 104 valence electrons. The molecule has 0 saturated carbocycles. The van der Waals surface area contributed by atoms with Crippen molar-refractivity contribution in [3.05, 3.63) is 52.5 Å². The van der Waals surface area contributed by atoms with Crippen LogP contribution < -0.4 is 5.32 Å². The van der Waals surface area contributed by atoms with Crippen molar-refractivity contribution in [3.63, 3.8) is 0 Å². The number of rotatable bonds is 4. The Labute approximate surface area is 127 Å². The van der Waals surface area contributed by atoms with Crippen molar-refractivity contribution < 1.29 is 0 Å². The molecule has 0 radical (unpaired) electrons. The van der Waals surface area contributed by atoms with Crippen LogP contribution in [0.3, 0.4) is 0 Å². The monoisotopic (exact) mass is 294 g/mol. The van der Waals surface area contributed by atoms with Gasteiger partial charge < -0.3 is 5.32 Å². The highest BCUT2D eigenvalue weighted by molar-refractivity contribution is 7.09. The molecule has 2 aromatic heterocycles. The largest absolute Gasteiger partial charge is 0.360 e. The first-order valence-electron chi connectivity index (χ1n) is 6.77. The third-order valence-electron chi connectivity index (χ3n) is 3.31. The van der Waals surface area contributed by atoms with E-state index in [0.29, 0.717) is 11.4 Å². The third kappa shape index (κ3) is 2.71. The van der Waals surface area contributed by atoms with E-state index in [1.165, 1.54) is 0 Å². The molecule has 1 aromatic carbocycles. The second kappa shape index (κ2) is 5.90. The maximum Gasteiger partial charge on any atom is 0.145 e. The third-order valence-corrected chi connectivity index (χ3v) is 4.20. The highest BCUT2D eigenvalue weighted by Gasteiger charge is 2.15. The molecule has 1 unspecified atom stereocenters. The van der Waals surface area contributed by atoms with Crippen molar-refractivity contribution in [1.82, 2.24) is 9.97 Å². The van der Waals surface area contributed by atoms with Crippen LogP contribution in [0.2, 0.25) is 0 Å². The van der Waals surface area contributed by atoms with Gasteiger partial charge in [-0.3, -0.25) is 0 Å². The molecule has 2 heterocycles. The summed E-state index contributed by atoms with van der Waals surface area (Å²) >= 11 is 1.61. The number of fused-ring (bicyclic) bond motifs is 1. The molecule has 3 aromatic rings. The van der Waals surface area contributed by atoms with Gasteiger partial charge in [0, 0.05) is 17.0 Å². The van der Waals surface area contributed by atoms with Crippen molar-refractivity contribution in [3.8, 4) is 6.07 Å². The van der Waals surface area contributed by atoms with Gasteiger partial charge in [-0.15, -0.1) is 11.3 Å². The number of hydrogen-bond acceptors (Lipinski definition) is 5. The fourth-order valence-corrected chi connectivity index (χ4v) is 2.99. The summed E-state index contributed by atoms with van der Waals surface area (Å²) in [6.07, 6.45) is 2.68. The highest BCUT2D eigenvalue weighted by Crippen LogP contribution is 2.26. The van der Waals surface area contributed by atoms with Gasteiger partial charge in [-0.2, -0.15) is 5.26 Å². The molecule has 0 bridgehead atoms. The lowest BCUT2D eigenvalue weighted by molar-refractivity contribution is 0.738. The lowest BCUT2D eigenvalue weighted by atomic mass is 10.1. The van der Waals surface area contributed by atoms with E-state index in [1.807, 2.05) is 35.7 Å². The van der Waals surface area contributed by atoms with E-state index in [2.05, 4.69) is 28.3 Å². The van der Waals surface area contributed by atoms with Gasteiger partial charge >= 0.3 is 0 Å². The molecule has 3 rings (SSSR count). The molecule has 0 spiro atoms. The number of nitriles is 1. The Kier molecular flexibility index (Phi) is 3.80. The number of para-hydroxylation sites is 1. The van der Waals surface area contributed by atoms with Gasteiger partial charge in [-0.25, -0.2) is 9.97 Å². The van der Waals surface area contributed by atoms with Gasteiger partial charge in [0.25, 0.3) is 0 Å². The van der Waals surface area contributed by atoms with Crippen LogP contribution in [0, 0.1) is 11.3 Å². The van der Waals surface area contributed by atoms with E-state index in [1.54, 1.807) is 17.5 Å². The van der Waals surface area contributed by atoms with Gasteiger partial charge in [0.05, 0.1) is 17.1 Å². The first-order chi connectivity index (χ1) is 10.3. The van der Waals surface area contributed by atoms with Crippen LogP contribution in [0.1, 0.15) is 30.0 Å². The Hall–Kier alpha value is -2.45. The second-order valence-electron chi connectivity index (χ2n) is 4.66. The molecular weight excluding hydrogens is 280 g/mol. The Bertz CT molecular complexity index is 790. The summed E-state index contributed by atoms with van der Waals surface area (Å²) in [5.41, 5.74) is 1.44. The van der Waals surface area contributed by atoms with Crippen LogP contribution in [-0.4, -0.2) is 9.97 Å². The van der Waals surface area contributed by atoms with E-state index < -0.39 is 0 Å². The predicted molar refractivity (Wildman–Crippen MR) is 85.2 cm³/mol. The first-order valence-corrected chi connectivity index (χ1v) is 7.65. The molecule has 21 heavy (non-hydrogen) atoms. The minimum absolute atomic E-state index is 0.0748. The fourth-order valence-electron chi connectivity index (χ4n) is 2.22. The smallest absolute Gasteiger partial charge is 0.145 e. The standard InChI is InChI=1S/C16H14N4S/c1-2-13(16-18-7-8-21-16)19-15-12(10-17)9-11-5-3-4-6-14(11)20-15/h3-9,13H,2H2,1H3,(H,19,20). The van der Waals surface area contributed by atoms with Gasteiger partial charge in [0.15, 0.2) is 0 Å². The van der Waals surface area contributed by atoms with E-state index in [0.717, 1.165) is 22.3 Å². The summed E-state index contributed by atoms with van der Waals surface area (Å²) in [4.78, 5) is 8.93. The average Bonchev–Trinajstić information content (AvgIpc) is 3.06. The van der Waals surface area contributed by atoms with Crippen LogP contribution in [-0.2, 0) is 0 Å². The molecule has 0 aliphatic rings. The number of aromatic nitrogens is 2. The Morgan fingerprint density at radius 3 is 2.95 bits per heavy atom. The van der Waals surface area contributed by atoms with Gasteiger partial charge in [0.2, 0.25) is 0 Å². The first kappa shape index (κ1) is 13.5. The van der Waals surface area contributed by atoms with Crippen LogP contribution in [0.5, 0.6) is 0 Å². The zero-order valence-corrected chi connectivity index (χ0v) is 12.4. The Balaban J connectivity index is 2.01.